The number of methoxy groups -OCH3 is 1. The predicted octanol–water partition coefficient (Wildman–Crippen LogP) is 2.23. The zero-order chi connectivity index (χ0) is 13.9. The largest absolute Gasteiger partial charge is 0.497 e. The highest BCUT2D eigenvalue weighted by Gasteiger charge is 2.27. The normalized spacial score (nSPS) is 21.8. The number of rotatable bonds is 4. The van der Waals surface area contributed by atoms with Gasteiger partial charge in [0.25, 0.3) is 0 Å². The van der Waals surface area contributed by atoms with Crippen LogP contribution < -0.4 is 10.1 Å². The summed E-state index contributed by atoms with van der Waals surface area (Å²) in [5, 5.41) is 3.07. The van der Waals surface area contributed by atoms with Gasteiger partial charge in [-0.3, -0.25) is 4.79 Å². The van der Waals surface area contributed by atoms with Gasteiger partial charge in [0.15, 0.2) is 0 Å². The number of carbonyl (C=O) groups is 1. The van der Waals surface area contributed by atoms with Crippen LogP contribution in [0.25, 0.3) is 0 Å². The van der Waals surface area contributed by atoms with Crippen molar-refractivity contribution in [2.75, 3.05) is 20.3 Å². The van der Waals surface area contributed by atoms with Crippen molar-refractivity contribution in [2.45, 2.75) is 31.8 Å². The number of hydrogen-bond donors (Lipinski definition) is 1. The third kappa shape index (κ3) is 2.66. The summed E-state index contributed by atoms with van der Waals surface area (Å²) in [6, 6.07) is 6.09. The van der Waals surface area contributed by atoms with Crippen LogP contribution in [0.4, 0.5) is 0 Å². The number of ether oxygens (including phenoxy) is 2. The second-order valence-electron chi connectivity index (χ2n) is 5.65. The van der Waals surface area contributed by atoms with Crippen molar-refractivity contribution < 1.29 is 14.3 Å². The third-order valence-electron chi connectivity index (χ3n) is 4.37. The summed E-state index contributed by atoms with van der Waals surface area (Å²) in [7, 11) is 1.67. The van der Waals surface area contributed by atoms with E-state index in [0.29, 0.717) is 19.8 Å². The Morgan fingerprint density at radius 1 is 1.45 bits per heavy atom. The minimum absolute atomic E-state index is 0.205. The molecular formula is C16H21NO3. The van der Waals surface area contributed by atoms with E-state index in [1.165, 1.54) is 17.5 Å². The summed E-state index contributed by atoms with van der Waals surface area (Å²) in [5.74, 6) is 1.55. The molecule has 3 rings (SSSR count). The lowest BCUT2D eigenvalue weighted by atomic mass is 9.84. The Labute approximate surface area is 119 Å². The average molecular weight is 275 g/mol. The summed E-state index contributed by atoms with van der Waals surface area (Å²) in [4.78, 5) is 11.9. The summed E-state index contributed by atoms with van der Waals surface area (Å²) < 4.78 is 10.9. The van der Waals surface area contributed by atoms with Crippen molar-refractivity contribution in [2.24, 2.45) is 5.92 Å². The van der Waals surface area contributed by atoms with Gasteiger partial charge in [0, 0.05) is 18.4 Å². The van der Waals surface area contributed by atoms with Crippen LogP contribution in [-0.2, 0) is 16.1 Å². The Morgan fingerprint density at radius 2 is 2.30 bits per heavy atom. The van der Waals surface area contributed by atoms with Gasteiger partial charge in [-0.15, -0.1) is 0 Å². The van der Waals surface area contributed by atoms with Gasteiger partial charge in [-0.2, -0.15) is 0 Å². The highest BCUT2D eigenvalue weighted by Crippen LogP contribution is 2.30. The zero-order valence-corrected chi connectivity index (χ0v) is 11.9. The summed E-state index contributed by atoms with van der Waals surface area (Å²) >= 11 is 0. The number of hydrogen-bond acceptors (Lipinski definition) is 3. The fourth-order valence-electron chi connectivity index (χ4n) is 2.84. The molecule has 4 heteroatoms. The van der Waals surface area contributed by atoms with E-state index in [1.54, 1.807) is 7.11 Å². The minimum atomic E-state index is 0.205. The van der Waals surface area contributed by atoms with Crippen LogP contribution >= 0.6 is 0 Å². The summed E-state index contributed by atoms with van der Waals surface area (Å²) in [6.07, 6.45) is 3.27. The average Bonchev–Trinajstić information content (AvgIpc) is 2.42. The SMILES string of the molecule is COc1ccc2c(c1)COCC2CNC(=O)C1CCC1. The van der Waals surface area contributed by atoms with E-state index in [1.807, 2.05) is 12.1 Å². The van der Waals surface area contributed by atoms with E-state index in [0.717, 1.165) is 18.6 Å². The standard InChI is InChI=1S/C16H21NO3/c1-19-14-5-6-15-12(7-14)9-20-10-13(15)8-17-16(18)11-3-2-4-11/h5-7,11,13H,2-4,8-10H2,1H3,(H,17,18). The van der Waals surface area contributed by atoms with Crippen molar-refractivity contribution in [1.82, 2.24) is 5.32 Å². The molecule has 0 saturated heterocycles. The molecule has 1 atom stereocenters. The monoisotopic (exact) mass is 275 g/mol. The van der Waals surface area contributed by atoms with Crippen molar-refractivity contribution in [3.8, 4) is 5.75 Å². The zero-order valence-electron chi connectivity index (χ0n) is 11.9. The molecule has 1 N–H and O–H groups in total. The van der Waals surface area contributed by atoms with E-state index in [4.69, 9.17) is 9.47 Å². The van der Waals surface area contributed by atoms with Crippen LogP contribution in [0, 0.1) is 5.92 Å². The van der Waals surface area contributed by atoms with Gasteiger partial charge in [0.2, 0.25) is 5.91 Å². The molecule has 4 nitrogen and oxygen atoms in total. The van der Waals surface area contributed by atoms with Gasteiger partial charge in [0.1, 0.15) is 5.75 Å². The molecule has 0 aromatic heterocycles. The van der Waals surface area contributed by atoms with Crippen LogP contribution in [0.3, 0.4) is 0 Å². The smallest absolute Gasteiger partial charge is 0.223 e. The quantitative estimate of drug-likeness (QED) is 0.916. The molecule has 0 spiro atoms. The lowest BCUT2D eigenvalue weighted by Crippen LogP contribution is -2.38. The number of benzene rings is 1. The first-order chi connectivity index (χ1) is 9.78. The molecule has 2 aliphatic rings. The van der Waals surface area contributed by atoms with Gasteiger partial charge >= 0.3 is 0 Å². The van der Waals surface area contributed by atoms with Crippen LogP contribution in [0.5, 0.6) is 5.75 Å². The van der Waals surface area contributed by atoms with E-state index >= 15 is 0 Å². The maximum absolute atomic E-state index is 11.9. The molecule has 20 heavy (non-hydrogen) atoms. The molecule has 1 amide bonds. The van der Waals surface area contributed by atoms with Gasteiger partial charge in [-0.25, -0.2) is 0 Å². The lowest BCUT2D eigenvalue weighted by Gasteiger charge is -2.28. The fraction of sp³-hybridized carbons (Fsp3) is 0.562. The molecule has 1 unspecified atom stereocenters. The third-order valence-corrected chi connectivity index (χ3v) is 4.37. The lowest BCUT2D eigenvalue weighted by molar-refractivity contribution is -0.127. The number of nitrogens with one attached hydrogen (secondary N) is 1. The summed E-state index contributed by atoms with van der Waals surface area (Å²) in [6.45, 7) is 1.96. The van der Waals surface area contributed by atoms with E-state index < -0.39 is 0 Å². The minimum Gasteiger partial charge on any atom is -0.497 e. The Hall–Kier alpha value is -1.55. The molecule has 1 aromatic carbocycles. The Morgan fingerprint density at radius 3 is 3.00 bits per heavy atom. The molecule has 1 aliphatic carbocycles. The molecule has 108 valence electrons. The van der Waals surface area contributed by atoms with Gasteiger partial charge in [0.05, 0.1) is 20.3 Å². The second-order valence-corrected chi connectivity index (χ2v) is 5.65. The molecule has 1 fully saturated rings. The van der Waals surface area contributed by atoms with Crippen molar-refractivity contribution in [1.29, 1.82) is 0 Å². The second kappa shape index (κ2) is 5.83. The highest BCUT2D eigenvalue weighted by molar-refractivity contribution is 5.79. The number of carbonyl (C=O) groups excluding carboxylic acids is 1. The molecule has 1 heterocycles. The van der Waals surface area contributed by atoms with Crippen LogP contribution in [0.15, 0.2) is 18.2 Å². The van der Waals surface area contributed by atoms with Gasteiger partial charge in [-0.1, -0.05) is 12.5 Å². The van der Waals surface area contributed by atoms with E-state index in [9.17, 15) is 4.79 Å². The first kappa shape index (κ1) is 13.4. The van der Waals surface area contributed by atoms with Crippen LogP contribution in [0.2, 0.25) is 0 Å². The Kier molecular flexibility index (Phi) is 3.92. The van der Waals surface area contributed by atoms with Crippen LogP contribution in [0.1, 0.15) is 36.3 Å². The van der Waals surface area contributed by atoms with E-state index in [-0.39, 0.29) is 17.7 Å². The first-order valence-corrected chi connectivity index (χ1v) is 7.30. The van der Waals surface area contributed by atoms with Crippen LogP contribution in [-0.4, -0.2) is 26.2 Å². The molecule has 1 saturated carbocycles. The number of amides is 1. The molecule has 0 radical (unpaired) electrons. The number of fused-ring (bicyclic) bond motifs is 1. The topological polar surface area (TPSA) is 47.6 Å². The first-order valence-electron chi connectivity index (χ1n) is 7.30. The van der Waals surface area contributed by atoms with Gasteiger partial charge in [-0.05, 0) is 36.1 Å². The highest BCUT2D eigenvalue weighted by atomic mass is 16.5. The maximum atomic E-state index is 11.9. The fourth-order valence-corrected chi connectivity index (χ4v) is 2.84. The Balaban J connectivity index is 1.65. The predicted molar refractivity (Wildman–Crippen MR) is 75.7 cm³/mol. The molecule has 1 aliphatic heterocycles. The summed E-state index contributed by atoms with van der Waals surface area (Å²) in [5.41, 5.74) is 2.43. The van der Waals surface area contributed by atoms with Crippen molar-refractivity contribution in [3.05, 3.63) is 29.3 Å². The molecular weight excluding hydrogens is 254 g/mol. The van der Waals surface area contributed by atoms with Crippen molar-refractivity contribution >= 4 is 5.91 Å². The van der Waals surface area contributed by atoms with Gasteiger partial charge < -0.3 is 14.8 Å². The van der Waals surface area contributed by atoms with Crippen molar-refractivity contribution in [3.63, 3.8) is 0 Å². The maximum Gasteiger partial charge on any atom is 0.223 e. The molecule has 1 aromatic rings. The Bertz CT molecular complexity index is 496. The molecule has 0 bridgehead atoms. The van der Waals surface area contributed by atoms with E-state index in [2.05, 4.69) is 11.4 Å².